The van der Waals surface area contributed by atoms with E-state index >= 15 is 0 Å². The number of piperazine rings is 1. The summed E-state index contributed by atoms with van der Waals surface area (Å²) in [6, 6.07) is 6.64. The fraction of sp³-hybridized carbons (Fsp3) is 0.533. The van der Waals surface area contributed by atoms with Crippen LogP contribution in [0.25, 0.3) is 0 Å². The van der Waals surface area contributed by atoms with Gasteiger partial charge in [-0.2, -0.15) is 4.31 Å². The lowest BCUT2D eigenvalue weighted by Crippen LogP contribution is -2.54. The van der Waals surface area contributed by atoms with Crippen LogP contribution in [0.15, 0.2) is 29.2 Å². The van der Waals surface area contributed by atoms with Crippen LogP contribution < -0.4 is 5.73 Å². The predicted molar refractivity (Wildman–Crippen MR) is 84.8 cm³/mol. The highest BCUT2D eigenvalue weighted by molar-refractivity contribution is 7.89. The third-order valence-electron chi connectivity index (χ3n) is 4.20. The summed E-state index contributed by atoms with van der Waals surface area (Å²) < 4.78 is 26.7. The molecular weight excluding hydrogens is 302 g/mol. The van der Waals surface area contributed by atoms with E-state index in [0.717, 1.165) is 12.0 Å². The molecule has 2 rings (SSSR count). The molecule has 6 nitrogen and oxygen atoms in total. The standard InChI is InChI=1S/C15H23N3O3S/c1-3-13-4-6-14(7-5-13)22(20,21)18-10-8-17(9-11-18)12(2)15(16)19/h4-7,12H,3,8-11H2,1-2H3,(H2,16,19). The molecule has 0 radical (unpaired) electrons. The molecule has 7 heteroatoms. The molecular formula is C15H23N3O3S. The highest BCUT2D eigenvalue weighted by Gasteiger charge is 2.31. The van der Waals surface area contributed by atoms with E-state index < -0.39 is 10.0 Å². The molecule has 0 spiro atoms. The van der Waals surface area contributed by atoms with Crippen LogP contribution in [-0.4, -0.2) is 55.8 Å². The van der Waals surface area contributed by atoms with Crippen molar-refractivity contribution in [1.82, 2.24) is 9.21 Å². The van der Waals surface area contributed by atoms with Crippen molar-refractivity contribution in [3.05, 3.63) is 29.8 Å². The van der Waals surface area contributed by atoms with Crippen molar-refractivity contribution in [1.29, 1.82) is 0 Å². The number of carbonyl (C=O) groups excluding carboxylic acids is 1. The highest BCUT2D eigenvalue weighted by Crippen LogP contribution is 2.19. The summed E-state index contributed by atoms with van der Waals surface area (Å²) in [6.07, 6.45) is 0.879. The first-order valence-electron chi connectivity index (χ1n) is 7.48. The maximum atomic E-state index is 12.6. The maximum Gasteiger partial charge on any atom is 0.243 e. The molecule has 1 unspecified atom stereocenters. The van der Waals surface area contributed by atoms with Gasteiger partial charge in [0.2, 0.25) is 15.9 Å². The highest BCUT2D eigenvalue weighted by atomic mass is 32.2. The molecule has 0 saturated carbocycles. The molecule has 122 valence electrons. The monoisotopic (exact) mass is 325 g/mol. The number of hydrogen-bond acceptors (Lipinski definition) is 4. The average molecular weight is 325 g/mol. The molecule has 1 aromatic rings. The molecule has 22 heavy (non-hydrogen) atoms. The summed E-state index contributed by atoms with van der Waals surface area (Å²) in [6.45, 7) is 5.54. The zero-order chi connectivity index (χ0) is 16.3. The fourth-order valence-electron chi connectivity index (χ4n) is 2.56. The zero-order valence-corrected chi connectivity index (χ0v) is 13.8. The molecule has 0 aromatic heterocycles. The lowest BCUT2D eigenvalue weighted by molar-refractivity contribution is -0.123. The largest absolute Gasteiger partial charge is 0.368 e. The minimum absolute atomic E-state index is 0.320. The number of primary amides is 1. The van der Waals surface area contributed by atoms with Gasteiger partial charge in [-0.3, -0.25) is 9.69 Å². The third-order valence-corrected chi connectivity index (χ3v) is 6.11. The molecule has 1 atom stereocenters. The minimum Gasteiger partial charge on any atom is -0.368 e. The number of carbonyl (C=O) groups is 1. The van der Waals surface area contributed by atoms with Crippen LogP contribution in [0.2, 0.25) is 0 Å². The van der Waals surface area contributed by atoms with Crippen molar-refractivity contribution >= 4 is 15.9 Å². The van der Waals surface area contributed by atoms with Gasteiger partial charge >= 0.3 is 0 Å². The Bertz CT molecular complexity index is 620. The number of rotatable bonds is 5. The lowest BCUT2D eigenvalue weighted by atomic mass is 10.2. The van der Waals surface area contributed by atoms with Gasteiger partial charge in [0.05, 0.1) is 10.9 Å². The Morgan fingerprint density at radius 2 is 1.73 bits per heavy atom. The smallest absolute Gasteiger partial charge is 0.243 e. The van der Waals surface area contributed by atoms with Gasteiger partial charge in [0.25, 0.3) is 0 Å². The second-order valence-corrected chi connectivity index (χ2v) is 7.45. The maximum absolute atomic E-state index is 12.6. The number of amides is 1. The summed E-state index contributed by atoms with van der Waals surface area (Å²) in [5.74, 6) is -0.383. The lowest BCUT2D eigenvalue weighted by Gasteiger charge is -2.36. The van der Waals surface area contributed by atoms with Gasteiger partial charge < -0.3 is 5.73 Å². The van der Waals surface area contributed by atoms with E-state index in [2.05, 4.69) is 0 Å². The molecule has 0 aliphatic carbocycles. The van der Waals surface area contributed by atoms with Gasteiger partial charge in [-0.05, 0) is 31.0 Å². The topological polar surface area (TPSA) is 83.7 Å². The number of hydrogen-bond donors (Lipinski definition) is 1. The number of benzene rings is 1. The molecule has 1 aromatic carbocycles. The molecule has 1 aliphatic rings. The Morgan fingerprint density at radius 3 is 2.18 bits per heavy atom. The predicted octanol–water partition coefficient (Wildman–Crippen LogP) is 0.429. The van der Waals surface area contributed by atoms with Crippen LogP contribution in [0.5, 0.6) is 0 Å². The van der Waals surface area contributed by atoms with Crippen LogP contribution in [-0.2, 0) is 21.2 Å². The second-order valence-electron chi connectivity index (χ2n) is 5.52. The van der Waals surface area contributed by atoms with Crippen LogP contribution in [0.3, 0.4) is 0 Å². The minimum atomic E-state index is -3.47. The summed E-state index contributed by atoms with van der Waals surface area (Å²) in [5, 5.41) is 0. The number of nitrogens with zero attached hydrogens (tertiary/aromatic N) is 2. The van der Waals surface area contributed by atoms with Crippen LogP contribution >= 0.6 is 0 Å². The summed E-state index contributed by atoms with van der Waals surface area (Å²) in [7, 11) is -3.47. The van der Waals surface area contributed by atoms with Crippen molar-refractivity contribution in [2.75, 3.05) is 26.2 Å². The van der Waals surface area contributed by atoms with Gasteiger partial charge in [-0.25, -0.2) is 8.42 Å². The number of aryl methyl sites for hydroxylation is 1. The van der Waals surface area contributed by atoms with Crippen molar-refractivity contribution in [2.24, 2.45) is 5.73 Å². The first-order chi connectivity index (χ1) is 10.4. The summed E-state index contributed by atoms with van der Waals surface area (Å²) >= 11 is 0. The molecule has 1 fully saturated rings. The number of nitrogens with two attached hydrogens (primary N) is 1. The quantitative estimate of drug-likeness (QED) is 0.851. The Labute approximate surface area is 131 Å². The molecule has 0 bridgehead atoms. The van der Waals surface area contributed by atoms with Gasteiger partial charge in [0.15, 0.2) is 0 Å². The molecule has 2 N–H and O–H groups in total. The van der Waals surface area contributed by atoms with Gasteiger partial charge in [0.1, 0.15) is 0 Å². The van der Waals surface area contributed by atoms with Gasteiger partial charge in [-0.15, -0.1) is 0 Å². The zero-order valence-electron chi connectivity index (χ0n) is 13.0. The van der Waals surface area contributed by atoms with E-state index in [1.54, 1.807) is 19.1 Å². The first-order valence-corrected chi connectivity index (χ1v) is 8.92. The van der Waals surface area contributed by atoms with E-state index in [1.165, 1.54) is 4.31 Å². The Kier molecular flexibility index (Phi) is 5.20. The normalized spacial score (nSPS) is 19.0. The molecule has 1 aliphatic heterocycles. The SMILES string of the molecule is CCc1ccc(S(=O)(=O)N2CCN(C(C)C(N)=O)CC2)cc1. The fourth-order valence-corrected chi connectivity index (χ4v) is 3.98. The van der Waals surface area contributed by atoms with Crippen molar-refractivity contribution in [2.45, 2.75) is 31.2 Å². The van der Waals surface area contributed by atoms with Crippen LogP contribution in [0.1, 0.15) is 19.4 Å². The first kappa shape index (κ1) is 16.9. The van der Waals surface area contributed by atoms with E-state index in [-0.39, 0.29) is 11.9 Å². The number of sulfonamides is 1. The van der Waals surface area contributed by atoms with Crippen molar-refractivity contribution < 1.29 is 13.2 Å². The van der Waals surface area contributed by atoms with Gasteiger partial charge in [0, 0.05) is 26.2 Å². The van der Waals surface area contributed by atoms with E-state index in [4.69, 9.17) is 5.73 Å². The van der Waals surface area contributed by atoms with Gasteiger partial charge in [-0.1, -0.05) is 19.1 Å². The molecule has 1 saturated heterocycles. The summed E-state index contributed by atoms with van der Waals surface area (Å²) in [4.78, 5) is 13.4. The molecule has 1 amide bonds. The Hall–Kier alpha value is -1.44. The Balaban J connectivity index is 2.07. The average Bonchev–Trinajstić information content (AvgIpc) is 2.54. The van der Waals surface area contributed by atoms with E-state index in [1.807, 2.05) is 24.0 Å². The van der Waals surface area contributed by atoms with Crippen molar-refractivity contribution in [3.63, 3.8) is 0 Å². The van der Waals surface area contributed by atoms with Crippen LogP contribution in [0, 0.1) is 0 Å². The van der Waals surface area contributed by atoms with Crippen molar-refractivity contribution in [3.8, 4) is 0 Å². The Morgan fingerprint density at radius 1 is 1.18 bits per heavy atom. The third kappa shape index (κ3) is 3.48. The summed E-state index contributed by atoms with van der Waals surface area (Å²) in [5.41, 5.74) is 6.40. The second kappa shape index (κ2) is 6.76. The van der Waals surface area contributed by atoms with Crippen LogP contribution in [0.4, 0.5) is 0 Å². The van der Waals surface area contributed by atoms with E-state index in [9.17, 15) is 13.2 Å². The van der Waals surface area contributed by atoms with E-state index in [0.29, 0.717) is 31.1 Å². The molecule has 1 heterocycles.